The third kappa shape index (κ3) is 0.953. The molecule has 2 rings (SSSR count). The van der Waals surface area contributed by atoms with Gasteiger partial charge < -0.3 is 5.73 Å². The van der Waals surface area contributed by atoms with Crippen LogP contribution in [-0.2, 0) is 0 Å². The first kappa shape index (κ1) is 7.75. The minimum absolute atomic E-state index is 0.275. The summed E-state index contributed by atoms with van der Waals surface area (Å²) in [5, 5.41) is 0.275. The van der Waals surface area contributed by atoms with E-state index >= 15 is 0 Å². The van der Waals surface area contributed by atoms with Crippen LogP contribution in [0.2, 0.25) is 5.28 Å². The van der Waals surface area contributed by atoms with E-state index in [9.17, 15) is 0 Å². The van der Waals surface area contributed by atoms with Crippen LogP contribution < -0.4 is 5.73 Å². The van der Waals surface area contributed by atoms with Crippen molar-refractivity contribution in [3.8, 4) is 0 Å². The third-order valence-electron chi connectivity index (χ3n) is 1.38. The van der Waals surface area contributed by atoms with Crippen molar-refractivity contribution in [1.29, 1.82) is 0 Å². The van der Waals surface area contributed by atoms with Crippen LogP contribution in [0.15, 0.2) is 6.33 Å². The summed E-state index contributed by atoms with van der Waals surface area (Å²) >= 11 is 8.87. The Labute approximate surface area is 80.9 Å². The van der Waals surface area contributed by atoms with E-state index in [1.165, 1.54) is 9.92 Å². The molecule has 0 saturated carbocycles. The Morgan fingerprint density at radius 3 is 2.92 bits per heavy atom. The molecule has 2 heterocycles. The van der Waals surface area contributed by atoms with E-state index in [1.807, 2.05) is 0 Å². The first-order chi connectivity index (χ1) is 5.70. The Hall–Kier alpha value is -0.880. The lowest BCUT2D eigenvalue weighted by Crippen LogP contribution is -1.92. The van der Waals surface area contributed by atoms with Crippen molar-refractivity contribution >= 4 is 44.7 Å². The van der Waals surface area contributed by atoms with E-state index in [0.29, 0.717) is 17.0 Å². The fourth-order valence-corrected chi connectivity index (χ4v) is 1.36. The van der Waals surface area contributed by atoms with Gasteiger partial charge in [-0.2, -0.15) is 0 Å². The van der Waals surface area contributed by atoms with Crippen molar-refractivity contribution in [3.63, 3.8) is 0 Å². The molecule has 0 amide bonds. The quantitative estimate of drug-likeness (QED) is 0.712. The Balaban J connectivity index is 2.95. The van der Waals surface area contributed by atoms with Crippen LogP contribution in [0, 0.1) is 0 Å². The largest absolute Gasteiger partial charge is 0.382 e. The summed E-state index contributed by atoms with van der Waals surface area (Å²) < 4.78 is 1.46. The Kier molecular flexibility index (Phi) is 1.66. The molecule has 2 N–H and O–H groups in total. The van der Waals surface area contributed by atoms with Gasteiger partial charge in [-0.25, -0.2) is 18.5 Å². The molecule has 0 aliphatic rings. The van der Waals surface area contributed by atoms with Crippen LogP contribution in [0.1, 0.15) is 0 Å². The van der Waals surface area contributed by atoms with Gasteiger partial charge in [-0.1, -0.05) is 0 Å². The van der Waals surface area contributed by atoms with E-state index < -0.39 is 0 Å². The molecule has 0 aliphatic heterocycles. The number of halogens is 2. The summed E-state index contributed by atoms with van der Waals surface area (Å²) in [5.41, 5.74) is 6.59. The van der Waals surface area contributed by atoms with Crippen LogP contribution in [-0.4, -0.2) is 18.5 Å². The van der Waals surface area contributed by atoms with Gasteiger partial charge in [-0.15, -0.1) is 0 Å². The first-order valence-electron chi connectivity index (χ1n) is 3.00. The molecule has 0 bridgehead atoms. The van der Waals surface area contributed by atoms with E-state index in [2.05, 4.69) is 31.1 Å². The average molecular weight is 248 g/mol. The number of rotatable bonds is 0. The standard InChI is InChI=1S/C5H3BrClN5/c6-12-4-2(11-5(12)7)3(8)9-1-10-4/h1H,(H2,8,9,10). The molecule has 2 aromatic rings. The summed E-state index contributed by atoms with van der Waals surface area (Å²) in [6.07, 6.45) is 1.35. The number of nitrogens with zero attached hydrogens (tertiary/aromatic N) is 4. The molecule has 0 radical (unpaired) electrons. The predicted octanol–water partition coefficient (Wildman–Crippen LogP) is 1.22. The molecule has 0 spiro atoms. The third-order valence-corrected chi connectivity index (χ3v) is 2.51. The highest BCUT2D eigenvalue weighted by Gasteiger charge is 2.10. The molecule has 0 aromatic carbocycles. The van der Waals surface area contributed by atoms with Crippen molar-refractivity contribution in [2.24, 2.45) is 0 Å². The average Bonchev–Trinajstić information content (AvgIpc) is 2.32. The lowest BCUT2D eigenvalue weighted by Gasteiger charge is -1.91. The lowest BCUT2D eigenvalue weighted by atomic mass is 10.5. The predicted molar refractivity (Wildman–Crippen MR) is 49.1 cm³/mol. The zero-order chi connectivity index (χ0) is 8.72. The Morgan fingerprint density at radius 1 is 1.50 bits per heavy atom. The van der Waals surface area contributed by atoms with Crippen molar-refractivity contribution in [2.75, 3.05) is 5.73 Å². The fourth-order valence-electron chi connectivity index (χ4n) is 0.857. The van der Waals surface area contributed by atoms with Crippen LogP contribution in [0.5, 0.6) is 0 Å². The number of aromatic nitrogens is 4. The highest BCUT2D eigenvalue weighted by Crippen LogP contribution is 2.22. The smallest absolute Gasteiger partial charge is 0.215 e. The number of imidazole rings is 1. The number of anilines is 1. The number of fused-ring (bicyclic) bond motifs is 1. The van der Waals surface area contributed by atoms with E-state index in [4.69, 9.17) is 17.3 Å². The van der Waals surface area contributed by atoms with Gasteiger partial charge in [0.2, 0.25) is 5.28 Å². The van der Waals surface area contributed by atoms with Gasteiger partial charge in [-0.05, 0) is 11.6 Å². The molecule has 62 valence electrons. The van der Waals surface area contributed by atoms with E-state index in [0.717, 1.165) is 0 Å². The number of nitrogen functional groups attached to an aromatic ring is 1. The molecule has 0 aliphatic carbocycles. The van der Waals surface area contributed by atoms with Gasteiger partial charge in [0.15, 0.2) is 17.0 Å². The molecule has 7 heteroatoms. The maximum Gasteiger partial charge on any atom is 0.215 e. The van der Waals surface area contributed by atoms with Gasteiger partial charge in [0.05, 0.1) is 16.1 Å². The molecule has 0 unspecified atom stereocenters. The van der Waals surface area contributed by atoms with Crippen LogP contribution in [0.3, 0.4) is 0 Å². The number of hydrogen-bond acceptors (Lipinski definition) is 4. The first-order valence-corrected chi connectivity index (χ1v) is 4.09. The summed E-state index contributed by atoms with van der Waals surface area (Å²) in [5.74, 6) is 0.320. The molecule has 12 heavy (non-hydrogen) atoms. The minimum Gasteiger partial charge on any atom is -0.382 e. The second-order valence-electron chi connectivity index (χ2n) is 2.09. The number of nitrogens with two attached hydrogens (primary N) is 1. The summed E-state index contributed by atoms with van der Waals surface area (Å²) in [6.45, 7) is 0. The fraction of sp³-hybridized carbons (Fsp3) is 0. The molecular weight excluding hydrogens is 245 g/mol. The normalized spacial score (nSPS) is 10.8. The maximum atomic E-state index is 5.71. The molecule has 2 aromatic heterocycles. The van der Waals surface area contributed by atoms with Gasteiger partial charge in [0.25, 0.3) is 0 Å². The van der Waals surface area contributed by atoms with E-state index in [-0.39, 0.29) is 5.28 Å². The lowest BCUT2D eigenvalue weighted by molar-refractivity contribution is 1.19. The maximum absolute atomic E-state index is 5.71. The molecule has 5 nitrogen and oxygen atoms in total. The van der Waals surface area contributed by atoms with Crippen LogP contribution in [0.4, 0.5) is 5.82 Å². The molecule has 0 saturated heterocycles. The van der Waals surface area contributed by atoms with Crippen LogP contribution in [0.25, 0.3) is 11.2 Å². The Morgan fingerprint density at radius 2 is 2.25 bits per heavy atom. The number of hydrogen-bond donors (Lipinski definition) is 1. The van der Waals surface area contributed by atoms with Crippen LogP contribution >= 0.6 is 27.7 Å². The summed E-state index contributed by atoms with van der Waals surface area (Å²) in [6, 6.07) is 0. The minimum atomic E-state index is 0.275. The highest BCUT2D eigenvalue weighted by molar-refractivity contribution is 9.08. The van der Waals surface area contributed by atoms with Crippen molar-refractivity contribution in [3.05, 3.63) is 11.6 Å². The molecular formula is C5H3BrClN5. The molecule has 0 fully saturated rings. The Bertz CT molecular complexity index is 439. The SMILES string of the molecule is Nc1ncnc2c1nc(Cl)n2Br. The topological polar surface area (TPSA) is 69.6 Å². The van der Waals surface area contributed by atoms with Gasteiger partial charge >= 0.3 is 0 Å². The zero-order valence-corrected chi connectivity index (χ0v) is 8.04. The van der Waals surface area contributed by atoms with E-state index in [1.54, 1.807) is 0 Å². The highest BCUT2D eigenvalue weighted by atomic mass is 79.9. The van der Waals surface area contributed by atoms with Crippen molar-refractivity contribution in [2.45, 2.75) is 0 Å². The monoisotopic (exact) mass is 247 g/mol. The van der Waals surface area contributed by atoms with Crippen molar-refractivity contribution < 1.29 is 0 Å². The summed E-state index contributed by atoms with van der Waals surface area (Å²) in [7, 11) is 0. The second kappa shape index (κ2) is 2.56. The molecule has 0 atom stereocenters. The van der Waals surface area contributed by atoms with Gasteiger partial charge in [0, 0.05) is 0 Å². The van der Waals surface area contributed by atoms with Gasteiger partial charge in [0.1, 0.15) is 6.33 Å². The van der Waals surface area contributed by atoms with Crippen molar-refractivity contribution in [1.82, 2.24) is 18.5 Å². The second-order valence-corrected chi connectivity index (χ2v) is 3.14. The summed E-state index contributed by atoms with van der Waals surface area (Å²) in [4.78, 5) is 11.7. The zero-order valence-electron chi connectivity index (χ0n) is 5.70. The van der Waals surface area contributed by atoms with Gasteiger partial charge in [-0.3, -0.25) is 0 Å².